The van der Waals surface area contributed by atoms with E-state index in [9.17, 15) is 4.79 Å². The van der Waals surface area contributed by atoms with Crippen LogP contribution in [-0.4, -0.2) is 17.4 Å². The minimum absolute atomic E-state index is 0.0151. The second kappa shape index (κ2) is 5.78. The molecule has 0 bridgehead atoms. The highest BCUT2D eigenvalue weighted by Crippen LogP contribution is 2.16. The number of nitrogens with zero attached hydrogens (tertiary/aromatic N) is 1. The fourth-order valence-electron chi connectivity index (χ4n) is 1.44. The Morgan fingerprint density at radius 2 is 2.00 bits per heavy atom. The van der Waals surface area contributed by atoms with E-state index in [0.717, 1.165) is 10.0 Å². The second-order valence-corrected chi connectivity index (χ2v) is 4.83. The van der Waals surface area contributed by atoms with E-state index >= 15 is 0 Å². The number of aromatic nitrogens is 1. The molecule has 0 saturated carbocycles. The van der Waals surface area contributed by atoms with Crippen molar-refractivity contribution >= 4 is 21.7 Å². The van der Waals surface area contributed by atoms with E-state index in [1.165, 1.54) is 0 Å². The van der Waals surface area contributed by atoms with E-state index < -0.39 is 0 Å². The maximum absolute atomic E-state index is 11.9. The maximum atomic E-state index is 11.9. The summed E-state index contributed by atoms with van der Waals surface area (Å²) in [5.41, 5.74) is 1.78. The van der Waals surface area contributed by atoms with E-state index in [2.05, 4.69) is 20.9 Å². The summed E-state index contributed by atoms with van der Waals surface area (Å²) >= 11 is 3.29. The first kappa shape index (κ1) is 12.8. The highest BCUT2D eigenvalue weighted by atomic mass is 79.9. The smallest absolute Gasteiger partial charge is 0.200 e. The second-order valence-electron chi connectivity index (χ2n) is 3.92. The summed E-state index contributed by atoms with van der Waals surface area (Å²) in [6.45, 7) is 2.00. The van der Waals surface area contributed by atoms with Crippen molar-refractivity contribution in [2.75, 3.05) is 6.61 Å². The molecule has 0 spiro atoms. The normalized spacial score (nSPS) is 10.1. The van der Waals surface area contributed by atoms with E-state index in [-0.39, 0.29) is 12.4 Å². The summed E-state index contributed by atoms with van der Waals surface area (Å²) in [5, 5.41) is 0. The summed E-state index contributed by atoms with van der Waals surface area (Å²) in [7, 11) is 0. The highest BCUT2D eigenvalue weighted by Gasteiger charge is 2.06. The summed E-state index contributed by atoms with van der Waals surface area (Å²) in [6, 6.07) is 9.21. The van der Waals surface area contributed by atoms with Gasteiger partial charge in [0.05, 0.1) is 6.20 Å². The number of benzene rings is 1. The molecule has 1 aromatic carbocycles. The number of aryl methyl sites for hydroxylation is 1. The molecule has 92 valence electrons. The number of pyridine rings is 1. The molecule has 0 aliphatic rings. The van der Waals surface area contributed by atoms with Gasteiger partial charge in [-0.2, -0.15) is 0 Å². The molecule has 0 atom stereocenters. The summed E-state index contributed by atoms with van der Waals surface area (Å²) in [4.78, 5) is 15.8. The average molecular weight is 306 g/mol. The third-order valence-electron chi connectivity index (χ3n) is 2.42. The average Bonchev–Trinajstić information content (AvgIpc) is 2.37. The molecule has 0 fully saturated rings. The van der Waals surface area contributed by atoms with E-state index in [4.69, 9.17) is 4.74 Å². The Kier molecular flexibility index (Phi) is 4.10. The van der Waals surface area contributed by atoms with Crippen LogP contribution >= 0.6 is 15.9 Å². The van der Waals surface area contributed by atoms with Gasteiger partial charge in [-0.25, -0.2) is 0 Å². The Morgan fingerprint density at radius 1 is 1.28 bits per heavy atom. The molecule has 0 amide bonds. The molecule has 0 unspecified atom stereocenters. The lowest BCUT2D eigenvalue weighted by atomic mass is 10.1. The van der Waals surface area contributed by atoms with Gasteiger partial charge in [0.25, 0.3) is 0 Å². The van der Waals surface area contributed by atoms with E-state index in [0.29, 0.717) is 11.3 Å². The van der Waals surface area contributed by atoms with Gasteiger partial charge in [-0.05, 0) is 28.9 Å². The third-order valence-corrected chi connectivity index (χ3v) is 2.86. The molecule has 3 nitrogen and oxygen atoms in total. The fraction of sp³-hybridized carbons (Fsp3) is 0.143. The van der Waals surface area contributed by atoms with Crippen molar-refractivity contribution in [1.82, 2.24) is 4.98 Å². The van der Waals surface area contributed by atoms with Crippen LogP contribution in [0.15, 0.2) is 47.2 Å². The lowest BCUT2D eigenvalue weighted by molar-refractivity contribution is 0.0921. The van der Waals surface area contributed by atoms with Crippen LogP contribution in [0.4, 0.5) is 0 Å². The first-order valence-electron chi connectivity index (χ1n) is 5.48. The number of Topliss-reactive ketones (excluding diaryl/α,β-unsaturated/α-hetero) is 1. The number of ether oxygens (including phenoxy) is 1. The molecule has 0 aliphatic heterocycles. The van der Waals surface area contributed by atoms with Gasteiger partial charge in [0.1, 0.15) is 5.75 Å². The minimum atomic E-state index is -0.0463. The molecule has 18 heavy (non-hydrogen) atoms. The van der Waals surface area contributed by atoms with Gasteiger partial charge in [-0.1, -0.05) is 29.8 Å². The lowest BCUT2D eigenvalue weighted by Gasteiger charge is -2.05. The zero-order valence-corrected chi connectivity index (χ0v) is 11.5. The van der Waals surface area contributed by atoms with Crippen molar-refractivity contribution in [3.05, 3.63) is 58.3 Å². The predicted molar refractivity (Wildman–Crippen MR) is 72.9 cm³/mol. The van der Waals surface area contributed by atoms with Gasteiger partial charge in [-0.3, -0.25) is 9.78 Å². The number of carbonyl (C=O) groups is 1. The van der Waals surface area contributed by atoms with Gasteiger partial charge >= 0.3 is 0 Å². The highest BCUT2D eigenvalue weighted by molar-refractivity contribution is 9.10. The van der Waals surface area contributed by atoms with Gasteiger partial charge in [0, 0.05) is 16.2 Å². The molecule has 2 rings (SSSR count). The minimum Gasteiger partial charge on any atom is -0.484 e. The Balaban J connectivity index is 1.98. The van der Waals surface area contributed by atoms with Crippen molar-refractivity contribution in [2.45, 2.75) is 6.92 Å². The first-order valence-corrected chi connectivity index (χ1v) is 6.27. The van der Waals surface area contributed by atoms with Gasteiger partial charge in [-0.15, -0.1) is 0 Å². The van der Waals surface area contributed by atoms with Crippen LogP contribution in [0.1, 0.15) is 15.9 Å². The number of hydrogen-bond acceptors (Lipinski definition) is 3. The molecule has 2 aromatic rings. The lowest BCUT2D eigenvalue weighted by Crippen LogP contribution is -2.11. The molecule has 1 aromatic heterocycles. The molecule has 0 N–H and O–H groups in total. The number of halogens is 1. The largest absolute Gasteiger partial charge is 0.484 e. The number of hydrogen-bond donors (Lipinski definition) is 0. The van der Waals surface area contributed by atoms with E-state index in [1.54, 1.807) is 30.6 Å². The van der Waals surface area contributed by atoms with Crippen LogP contribution in [0.3, 0.4) is 0 Å². The zero-order chi connectivity index (χ0) is 13.0. The van der Waals surface area contributed by atoms with Crippen LogP contribution in [0.5, 0.6) is 5.75 Å². The van der Waals surface area contributed by atoms with Crippen molar-refractivity contribution in [1.29, 1.82) is 0 Å². The van der Waals surface area contributed by atoms with E-state index in [1.807, 2.05) is 19.1 Å². The molecule has 0 aliphatic carbocycles. The predicted octanol–water partition coefficient (Wildman–Crippen LogP) is 3.41. The van der Waals surface area contributed by atoms with Crippen LogP contribution in [0, 0.1) is 6.92 Å². The quantitative estimate of drug-likeness (QED) is 0.813. The molecule has 0 radical (unpaired) electrons. The number of ketones is 1. The standard InChI is InChI=1S/C14H12BrNO2/c1-10-2-4-11(5-3-10)14(17)9-18-13-6-12(15)7-16-8-13/h2-8H,9H2,1H3. The van der Waals surface area contributed by atoms with Crippen molar-refractivity contribution < 1.29 is 9.53 Å². The number of carbonyl (C=O) groups excluding carboxylic acids is 1. The molecule has 0 saturated heterocycles. The molecular formula is C14H12BrNO2. The monoisotopic (exact) mass is 305 g/mol. The summed E-state index contributed by atoms with van der Waals surface area (Å²) in [5.74, 6) is 0.528. The van der Waals surface area contributed by atoms with Gasteiger partial charge < -0.3 is 4.74 Å². The van der Waals surface area contributed by atoms with Crippen LogP contribution in [-0.2, 0) is 0 Å². The maximum Gasteiger partial charge on any atom is 0.200 e. The van der Waals surface area contributed by atoms with Crippen molar-refractivity contribution in [3.8, 4) is 5.75 Å². The Morgan fingerprint density at radius 3 is 2.67 bits per heavy atom. The topological polar surface area (TPSA) is 39.2 Å². The van der Waals surface area contributed by atoms with Crippen LogP contribution in [0.25, 0.3) is 0 Å². The fourth-order valence-corrected chi connectivity index (χ4v) is 1.79. The first-order chi connectivity index (χ1) is 8.65. The summed E-state index contributed by atoms with van der Waals surface area (Å²) in [6.07, 6.45) is 3.24. The van der Waals surface area contributed by atoms with Crippen molar-refractivity contribution in [3.63, 3.8) is 0 Å². The SMILES string of the molecule is Cc1ccc(C(=O)COc2cncc(Br)c2)cc1. The Hall–Kier alpha value is -1.68. The van der Waals surface area contributed by atoms with Crippen molar-refractivity contribution in [2.24, 2.45) is 0 Å². The Labute approximate surface area is 114 Å². The zero-order valence-electron chi connectivity index (χ0n) is 9.89. The molecule has 1 heterocycles. The Bertz CT molecular complexity index is 552. The van der Waals surface area contributed by atoms with Crippen LogP contribution in [0.2, 0.25) is 0 Å². The third kappa shape index (κ3) is 3.40. The van der Waals surface area contributed by atoms with Gasteiger partial charge in [0.15, 0.2) is 12.4 Å². The van der Waals surface area contributed by atoms with Crippen LogP contribution < -0.4 is 4.74 Å². The molecular weight excluding hydrogens is 294 g/mol. The molecule has 4 heteroatoms. The number of rotatable bonds is 4. The van der Waals surface area contributed by atoms with Gasteiger partial charge in [0.2, 0.25) is 0 Å². The summed E-state index contributed by atoms with van der Waals surface area (Å²) < 4.78 is 6.21.